The Bertz CT molecular complexity index is 705. The minimum absolute atomic E-state index is 0. The van der Waals surface area contributed by atoms with E-state index in [0.717, 1.165) is 30.8 Å². The van der Waals surface area contributed by atoms with Crippen molar-refractivity contribution in [3.8, 4) is 17.1 Å². The van der Waals surface area contributed by atoms with Crippen molar-refractivity contribution in [2.75, 3.05) is 20.2 Å². The topological polar surface area (TPSA) is 89.3 Å². The Balaban J connectivity index is 0.00000243. The highest BCUT2D eigenvalue weighted by molar-refractivity contribution is 5.85. The predicted octanol–water partition coefficient (Wildman–Crippen LogP) is 2.21. The lowest BCUT2D eigenvalue weighted by atomic mass is 9.95. The number of carbonyl (C=O) groups excluding carboxylic acids is 1. The van der Waals surface area contributed by atoms with E-state index in [0.29, 0.717) is 30.5 Å². The number of nitrogens with zero attached hydrogens (tertiary/aromatic N) is 2. The number of hydrogen-bond donors (Lipinski definition) is 2. The maximum Gasteiger partial charge on any atom is 0.227 e. The zero-order chi connectivity index (χ0) is 17.6. The third kappa shape index (κ3) is 5.19. The number of ether oxygens (including phenoxy) is 1. The second-order valence-corrected chi connectivity index (χ2v) is 6.38. The molecule has 2 heterocycles. The first-order valence-electron chi connectivity index (χ1n) is 8.63. The van der Waals surface area contributed by atoms with Crippen molar-refractivity contribution in [1.29, 1.82) is 0 Å². The van der Waals surface area contributed by atoms with Crippen molar-refractivity contribution < 1.29 is 14.1 Å². The maximum atomic E-state index is 12.1. The molecule has 142 valence electrons. The van der Waals surface area contributed by atoms with Crippen LogP contribution >= 0.6 is 12.4 Å². The molecule has 2 unspecified atom stereocenters. The summed E-state index contributed by atoms with van der Waals surface area (Å²) >= 11 is 0. The Labute approximate surface area is 159 Å². The highest BCUT2D eigenvalue weighted by atomic mass is 35.5. The van der Waals surface area contributed by atoms with Gasteiger partial charge in [-0.05, 0) is 49.7 Å². The van der Waals surface area contributed by atoms with Crippen LogP contribution in [0.3, 0.4) is 0 Å². The third-order valence-corrected chi connectivity index (χ3v) is 4.51. The van der Waals surface area contributed by atoms with Gasteiger partial charge in [0.05, 0.1) is 7.11 Å². The van der Waals surface area contributed by atoms with Gasteiger partial charge in [-0.2, -0.15) is 4.98 Å². The van der Waals surface area contributed by atoms with Crippen LogP contribution in [0.2, 0.25) is 0 Å². The Morgan fingerprint density at radius 3 is 2.85 bits per heavy atom. The highest BCUT2D eigenvalue weighted by Gasteiger charge is 2.22. The number of halogens is 1. The summed E-state index contributed by atoms with van der Waals surface area (Å²) in [4.78, 5) is 16.5. The predicted molar refractivity (Wildman–Crippen MR) is 100 cm³/mol. The monoisotopic (exact) mass is 380 g/mol. The number of aryl methyl sites for hydroxylation is 1. The summed E-state index contributed by atoms with van der Waals surface area (Å²) in [5, 5.41) is 10.4. The van der Waals surface area contributed by atoms with E-state index in [2.05, 4.69) is 27.7 Å². The van der Waals surface area contributed by atoms with Crippen molar-refractivity contribution in [2.45, 2.75) is 32.2 Å². The molecule has 1 saturated heterocycles. The number of rotatable bonds is 6. The molecule has 1 fully saturated rings. The SMILES string of the molecule is COc1ccc(-c2noc(CCC(=O)NC3CCNCC3C)n2)cc1.Cl. The van der Waals surface area contributed by atoms with Gasteiger partial charge >= 0.3 is 0 Å². The Morgan fingerprint density at radius 1 is 1.38 bits per heavy atom. The van der Waals surface area contributed by atoms with E-state index < -0.39 is 0 Å². The Hall–Kier alpha value is -2.12. The number of hydrogen-bond acceptors (Lipinski definition) is 6. The first-order valence-corrected chi connectivity index (χ1v) is 8.63. The van der Waals surface area contributed by atoms with Crippen LogP contribution < -0.4 is 15.4 Å². The van der Waals surface area contributed by atoms with E-state index in [1.54, 1.807) is 7.11 Å². The number of benzene rings is 1. The van der Waals surface area contributed by atoms with Crippen molar-refractivity contribution in [3.63, 3.8) is 0 Å². The van der Waals surface area contributed by atoms with E-state index in [1.807, 2.05) is 24.3 Å². The van der Waals surface area contributed by atoms with Gasteiger partial charge in [0.15, 0.2) is 0 Å². The molecule has 2 aromatic rings. The molecule has 0 spiro atoms. The summed E-state index contributed by atoms with van der Waals surface area (Å²) in [5.41, 5.74) is 0.851. The molecule has 1 aliphatic heterocycles. The van der Waals surface area contributed by atoms with Gasteiger partial charge in [0.1, 0.15) is 5.75 Å². The van der Waals surface area contributed by atoms with Gasteiger partial charge in [0, 0.05) is 24.4 Å². The molecule has 0 saturated carbocycles. The minimum atomic E-state index is 0. The molecule has 3 rings (SSSR count). The summed E-state index contributed by atoms with van der Waals surface area (Å²) in [7, 11) is 1.62. The number of methoxy groups -OCH3 is 1. The lowest BCUT2D eigenvalue weighted by Crippen LogP contribution is -2.48. The molecule has 26 heavy (non-hydrogen) atoms. The normalized spacial score (nSPS) is 19.5. The van der Waals surface area contributed by atoms with Crippen LogP contribution in [0.25, 0.3) is 11.4 Å². The number of amides is 1. The van der Waals surface area contributed by atoms with Gasteiger partial charge in [0.25, 0.3) is 0 Å². The first-order chi connectivity index (χ1) is 12.2. The fourth-order valence-electron chi connectivity index (χ4n) is 2.94. The Kier molecular flexibility index (Phi) is 7.41. The van der Waals surface area contributed by atoms with Gasteiger partial charge in [-0.15, -0.1) is 12.4 Å². The summed E-state index contributed by atoms with van der Waals surface area (Å²) in [6.07, 6.45) is 1.75. The largest absolute Gasteiger partial charge is 0.497 e. The minimum Gasteiger partial charge on any atom is -0.497 e. The molecular weight excluding hydrogens is 356 g/mol. The molecule has 0 bridgehead atoms. The number of nitrogens with one attached hydrogen (secondary N) is 2. The van der Waals surface area contributed by atoms with Gasteiger partial charge in [0.2, 0.25) is 17.6 Å². The highest BCUT2D eigenvalue weighted by Crippen LogP contribution is 2.20. The molecular formula is C18H25ClN4O3. The summed E-state index contributed by atoms with van der Waals surface area (Å²) in [6, 6.07) is 7.68. The van der Waals surface area contributed by atoms with Gasteiger partial charge in [-0.1, -0.05) is 12.1 Å². The molecule has 1 aromatic heterocycles. The van der Waals surface area contributed by atoms with Crippen LogP contribution in [0.1, 0.15) is 25.7 Å². The molecule has 2 N–H and O–H groups in total. The van der Waals surface area contributed by atoms with E-state index in [4.69, 9.17) is 9.26 Å². The fourth-order valence-corrected chi connectivity index (χ4v) is 2.94. The van der Waals surface area contributed by atoms with E-state index in [9.17, 15) is 4.79 Å². The third-order valence-electron chi connectivity index (χ3n) is 4.51. The molecule has 2 atom stereocenters. The summed E-state index contributed by atoms with van der Waals surface area (Å²) in [6.45, 7) is 4.04. The van der Waals surface area contributed by atoms with Crippen molar-refractivity contribution in [1.82, 2.24) is 20.8 Å². The van der Waals surface area contributed by atoms with Crippen LogP contribution in [0.5, 0.6) is 5.75 Å². The smallest absolute Gasteiger partial charge is 0.227 e. The van der Waals surface area contributed by atoms with Crippen molar-refractivity contribution in [3.05, 3.63) is 30.2 Å². The quantitative estimate of drug-likeness (QED) is 0.798. The lowest BCUT2D eigenvalue weighted by molar-refractivity contribution is -0.122. The average molecular weight is 381 g/mol. The van der Waals surface area contributed by atoms with Crippen molar-refractivity contribution in [2.24, 2.45) is 5.92 Å². The molecule has 1 aliphatic rings. The van der Waals surface area contributed by atoms with Crippen LogP contribution in [-0.4, -0.2) is 42.3 Å². The summed E-state index contributed by atoms with van der Waals surface area (Å²) < 4.78 is 10.4. The molecule has 7 nitrogen and oxygen atoms in total. The zero-order valence-corrected chi connectivity index (χ0v) is 15.8. The van der Waals surface area contributed by atoms with Gasteiger partial charge in [-0.3, -0.25) is 4.79 Å². The molecule has 1 amide bonds. The van der Waals surface area contributed by atoms with Crippen LogP contribution in [0.4, 0.5) is 0 Å². The maximum absolute atomic E-state index is 12.1. The number of carbonyl (C=O) groups is 1. The average Bonchev–Trinajstić information content (AvgIpc) is 3.11. The molecule has 1 aromatic carbocycles. The number of aromatic nitrogens is 2. The number of piperidine rings is 1. The fraction of sp³-hybridized carbons (Fsp3) is 0.500. The van der Waals surface area contributed by atoms with Crippen LogP contribution in [0.15, 0.2) is 28.8 Å². The second kappa shape index (κ2) is 9.54. The van der Waals surface area contributed by atoms with E-state index in [-0.39, 0.29) is 24.4 Å². The van der Waals surface area contributed by atoms with Crippen LogP contribution in [-0.2, 0) is 11.2 Å². The van der Waals surface area contributed by atoms with Gasteiger partial charge in [-0.25, -0.2) is 0 Å². The lowest BCUT2D eigenvalue weighted by Gasteiger charge is -2.30. The van der Waals surface area contributed by atoms with Crippen LogP contribution in [0, 0.1) is 5.92 Å². The first kappa shape index (κ1) is 20.2. The molecule has 0 aliphatic carbocycles. The molecule has 8 heteroatoms. The zero-order valence-electron chi connectivity index (χ0n) is 15.0. The Morgan fingerprint density at radius 2 is 2.15 bits per heavy atom. The van der Waals surface area contributed by atoms with Crippen molar-refractivity contribution >= 4 is 18.3 Å². The summed E-state index contributed by atoms with van der Waals surface area (Å²) in [5.74, 6) is 2.24. The second-order valence-electron chi connectivity index (χ2n) is 6.38. The standard InChI is InChI=1S/C18H24N4O3.ClH/c1-12-11-19-10-9-15(12)20-16(23)7-8-17-21-18(22-25-17)13-3-5-14(24-2)6-4-13;/h3-6,12,15,19H,7-11H2,1-2H3,(H,20,23);1H. The van der Waals surface area contributed by atoms with E-state index >= 15 is 0 Å². The van der Waals surface area contributed by atoms with Gasteiger partial charge < -0.3 is 19.9 Å². The molecule has 0 radical (unpaired) electrons. The van der Waals surface area contributed by atoms with E-state index in [1.165, 1.54) is 0 Å².